The number of hydrogen-bond acceptors (Lipinski definition) is 6. The lowest BCUT2D eigenvalue weighted by Gasteiger charge is -2.30. The summed E-state index contributed by atoms with van der Waals surface area (Å²) in [5.41, 5.74) is 0.406. The van der Waals surface area contributed by atoms with Gasteiger partial charge in [0.25, 0.3) is 5.91 Å². The van der Waals surface area contributed by atoms with Crippen LogP contribution < -0.4 is 25.2 Å². The highest BCUT2D eigenvalue weighted by atomic mass is 19.4. The molecule has 1 atom stereocenters. The fourth-order valence-corrected chi connectivity index (χ4v) is 4.51. The number of alkyl halides is 3. The predicted molar refractivity (Wildman–Crippen MR) is 146 cm³/mol. The zero-order chi connectivity index (χ0) is 30.7. The molecule has 0 spiro atoms. The molecule has 2 heterocycles. The summed E-state index contributed by atoms with van der Waals surface area (Å²) in [4.78, 5) is 46.5. The van der Waals surface area contributed by atoms with Crippen LogP contribution in [-0.4, -0.2) is 54.2 Å². The molecule has 0 radical (unpaired) electrons. The van der Waals surface area contributed by atoms with Gasteiger partial charge in [0.2, 0.25) is 11.8 Å². The maximum atomic E-state index is 14.2. The molecule has 3 aromatic rings. The number of ether oxygens (including phenoxy) is 1. The van der Waals surface area contributed by atoms with Gasteiger partial charge in [0.05, 0.1) is 17.8 Å². The minimum absolute atomic E-state index is 0.0493. The van der Waals surface area contributed by atoms with Crippen LogP contribution in [-0.2, 0) is 27.3 Å². The van der Waals surface area contributed by atoms with Crippen LogP contribution in [0.2, 0.25) is 0 Å². The summed E-state index contributed by atoms with van der Waals surface area (Å²) < 4.78 is 55.9. The largest absolute Gasteiger partial charge is 0.573 e. The van der Waals surface area contributed by atoms with Gasteiger partial charge in [-0.1, -0.05) is 18.2 Å². The number of rotatable bonds is 8. The second-order valence-corrected chi connectivity index (χ2v) is 10.3. The van der Waals surface area contributed by atoms with Crippen LogP contribution in [0.15, 0.2) is 66.9 Å². The normalized spacial score (nSPS) is 15.5. The van der Waals surface area contributed by atoms with E-state index in [9.17, 15) is 31.9 Å². The fourth-order valence-electron chi connectivity index (χ4n) is 4.51. The summed E-state index contributed by atoms with van der Waals surface area (Å²) in [6.45, 7) is 3.06. The third kappa shape index (κ3) is 7.53. The standard InChI is InChI=1S/C29H29F4N5O4/c1-28(2,36-25(39)15-20-6-4-5-13-34-20)27(41)35-22-17-38(16-18-7-10-21(11-8-18)42-29(31,32)33)23-12-9-19(30)14-24(23)37(3)26(22)40/h4-14,22H,15-17H2,1-3H3,(H,35,41)(H,36,39)/t22-/m1/s1. The molecular formula is C29H29F4N5O4. The molecule has 1 aromatic heterocycles. The van der Waals surface area contributed by atoms with E-state index in [-0.39, 0.29) is 25.2 Å². The van der Waals surface area contributed by atoms with Crippen molar-refractivity contribution in [2.75, 3.05) is 23.4 Å². The fraction of sp³-hybridized carbons (Fsp3) is 0.310. The van der Waals surface area contributed by atoms with Gasteiger partial charge in [0.1, 0.15) is 23.1 Å². The first-order chi connectivity index (χ1) is 19.7. The van der Waals surface area contributed by atoms with Crippen LogP contribution in [0.3, 0.4) is 0 Å². The molecule has 0 bridgehead atoms. The van der Waals surface area contributed by atoms with Crippen LogP contribution in [0, 0.1) is 5.82 Å². The molecule has 13 heteroatoms. The molecule has 1 aliphatic heterocycles. The SMILES string of the molecule is CN1C(=O)[C@H](NC(=O)C(C)(C)NC(=O)Cc2ccccn2)CN(Cc2ccc(OC(F)(F)F)cc2)c2ccc(F)cc21. The smallest absolute Gasteiger partial charge is 0.406 e. The second kappa shape index (κ2) is 12.0. The van der Waals surface area contributed by atoms with E-state index in [2.05, 4.69) is 20.4 Å². The zero-order valence-corrected chi connectivity index (χ0v) is 23.0. The lowest BCUT2D eigenvalue weighted by Crippen LogP contribution is -2.60. The average Bonchev–Trinajstić information content (AvgIpc) is 2.99. The van der Waals surface area contributed by atoms with Gasteiger partial charge in [-0.2, -0.15) is 0 Å². The van der Waals surface area contributed by atoms with E-state index in [0.29, 0.717) is 16.9 Å². The van der Waals surface area contributed by atoms with Crippen molar-refractivity contribution in [3.8, 4) is 5.75 Å². The number of nitrogens with zero attached hydrogens (tertiary/aromatic N) is 3. The molecule has 0 aliphatic carbocycles. The van der Waals surface area contributed by atoms with Gasteiger partial charge in [-0.25, -0.2) is 4.39 Å². The van der Waals surface area contributed by atoms with E-state index >= 15 is 0 Å². The van der Waals surface area contributed by atoms with Crippen molar-refractivity contribution in [3.63, 3.8) is 0 Å². The number of nitrogens with one attached hydrogen (secondary N) is 2. The lowest BCUT2D eigenvalue weighted by atomic mass is 10.0. The quantitative estimate of drug-likeness (QED) is 0.390. The summed E-state index contributed by atoms with van der Waals surface area (Å²) in [7, 11) is 1.45. The van der Waals surface area contributed by atoms with Gasteiger partial charge >= 0.3 is 6.36 Å². The van der Waals surface area contributed by atoms with Gasteiger partial charge in [-0.05, 0) is 61.9 Å². The van der Waals surface area contributed by atoms with E-state index in [0.717, 1.165) is 0 Å². The Bertz CT molecular complexity index is 1450. The summed E-state index contributed by atoms with van der Waals surface area (Å²) >= 11 is 0. The number of pyridine rings is 1. The molecule has 4 rings (SSSR count). The summed E-state index contributed by atoms with van der Waals surface area (Å²) in [6, 6.07) is 13.1. The average molecular weight is 588 g/mol. The molecule has 9 nitrogen and oxygen atoms in total. The van der Waals surface area contributed by atoms with Crippen LogP contribution in [0.4, 0.5) is 28.9 Å². The molecule has 0 fully saturated rings. The first kappa shape index (κ1) is 30.3. The molecule has 42 heavy (non-hydrogen) atoms. The number of hydrogen-bond donors (Lipinski definition) is 2. The van der Waals surface area contributed by atoms with E-state index in [1.807, 2.05) is 0 Å². The molecule has 1 aliphatic rings. The number of likely N-dealkylation sites (N-methyl/N-ethyl adjacent to an activating group) is 1. The minimum atomic E-state index is -4.84. The Balaban J connectivity index is 1.54. The van der Waals surface area contributed by atoms with Crippen LogP contribution in [0.25, 0.3) is 0 Å². The number of benzene rings is 2. The highest BCUT2D eigenvalue weighted by molar-refractivity contribution is 6.04. The highest BCUT2D eigenvalue weighted by Crippen LogP contribution is 2.34. The van der Waals surface area contributed by atoms with Crippen LogP contribution in [0.1, 0.15) is 25.1 Å². The van der Waals surface area contributed by atoms with E-state index < -0.39 is 47.2 Å². The third-order valence-corrected chi connectivity index (χ3v) is 6.59. The number of anilines is 2. The van der Waals surface area contributed by atoms with Gasteiger partial charge in [0, 0.05) is 32.0 Å². The topological polar surface area (TPSA) is 104 Å². The summed E-state index contributed by atoms with van der Waals surface area (Å²) in [6.07, 6.45) is -3.34. The number of carbonyl (C=O) groups excluding carboxylic acids is 3. The van der Waals surface area contributed by atoms with Crippen molar-refractivity contribution in [1.82, 2.24) is 15.6 Å². The Hall–Kier alpha value is -4.68. The number of amides is 3. The maximum absolute atomic E-state index is 14.2. The van der Waals surface area contributed by atoms with Crippen molar-refractivity contribution in [3.05, 3.63) is 83.9 Å². The zero-order valence-electron chi connectivity index (χ0n) is 23.0. The molecule has 0 saturated carbocycles. The molecular weight excluding hydrogens is 558 g/mol. The van der Waals surface area contributed by atoms with Crippen molar-refractivity contribution in [1.29, 1.82) is 0 Å². The van der Waals surface area contributed by atoms with Crippen molar-refractivity contribution in [2.24, 2.45) is 0 Å². The number of aromatic nitrogens is 1. The Morgan fingerprint density at radius 2 is 1.76 bits per heavy atom. The van der Waals surface area contributed by atoms with E-state index in [1.54, 1.807) is 29.3 Å². The van der Waals surface area contributed by atoms with E-state index in [4.69, 9.17) is 0 Å². The van der Waals surface area contributed by atoms with Gasteiger partial charge in [-0.3, -0.25) is 19.4 Å². The molecule has 2 aromatic carbocycles. The predicted octanol–water partition coefficient (Wildman–Crippen LogP) is 3.72. The number of fused-ring (bicyclic) bond motifs is 1. The molecule has 3 amide bonds. The Morgan fingerprint density at radius 1 is 1.05 bits per heavy atom. The van der Waals surface area contributed by atoms with Crippen LogP contribution in [0.5, 0.6) is 5.75 Å². The lowest BCUT2D eigenvalue weighted by molar-refractivity contribution is -0.274. The van der Waals surface area contributed by atoms with Crippen molar-refractivity contribution < 1.29 is 36.7 Å². The Morgan fingerprint density at radius 3 is 2.40 bits per heavy atom. The molecule has 0 unspecified atom stereocenters. The maximum Gasteiger partial charge on any atom is 0.573 e. The van der Waals surface area contributed by atoms with E-state index in [1.165, 1.54) is 68.3 Å². The van der Waals surface area contributed by atoms with Crippen molar-refractivity contribution in [2.45, 2.75) is 44.8 Å². The second-order valence-electron chi connectivity index (χ2n) is 10.3. The number of carbonyl (C=O) groups is 3. The minimum Gasteiger partial charge on any atom is -0.406 e. The summed E-state index contributed by atoms with van der Waals surface area (Å²) in [5.74, 6) is -2.57. The van der Waals surface area contributed by atoms with Crippen molar-refractivity contribution >= 4 is 29.1 Å². The van der Waals surface area contributed by atoms with Gasteiger partial charge in [-0.15, -0.1) is 13.2 Å². The van der Waals surface area contributed by atoms with Crippen LogP contribution >= 0.6 is 0 Å². The monoisotopic (exact) mass is 587 g/mol. The third-order valence-electron chi connectivity index (χ3n) is 6.59. The Kier molecular flexibility index (Phi) is 8.69. The first-order valence-corrected chi connectivity index (χ1v) is 12.9. The summed E-state index contributed by atoms with van der Waals surface area (Å²) in [5, 5.41) is 5.37. The highest BCUT2D eigenvalue weighted by Gasteiger charge is 2.37. The van der Waals surface area contributed by atoms with Gasteiger partial charge in [0.15, 0.2) is 0 Å². The van der Waals surface area contributed by atoms with Gasteiger partial charge < -0.3 is 25.2 Å². The first-order valence-electron chi connectivity index (χ1n) is 12.9. The molecule has 0 saturated heterocycles. The molecule has 222 valence electrons. The molecule has 2 N–H and O–H groups in total. The number of halogens is 4. The Labute approximate surface area is 239 Å².